The minimum absolute atomic E-state index is 0.173. The van der Waals surface area contributed by atoms with Gasteiger partial charge in [0.1, 0.15) is 19.3 Å². The highest BCUT2D eigenvalue weighted by atomic mass is 32.2. The SMILES string of the molecule is CCOC(=O)/C=C1\SCC(=O)N1[C@H](C)C(=O)Nc1ccc2c(c1)OCCO2. The van der Waals surface area contributed by atoms with Gasteiger partial charge in [-0.1, -0.05) is 11.8 Å². The molecule has 1 aromatic rings. The van der Waals surface area contributed by atoms with E-state index in [9.17, 15) is 14.4 Å². The van der Waals surface area contributed by atoms with Crippen molar-refractivity contribution in [3.8, 4) is 11.5 Å². The van der Waals surface area contributed by atoms with Crippen LogP contribution in [0.5, 0.6) is 11.5 Å². The fourth-order valence-electron chi connectivity index (χ4n) is 2.69. The average Bonchev–Trinajstić information content (AvgIpc) is 3.01. The number of thioether (sulfide) groups is 1. The van der Waals surface area contributed by atoms with Gasteiger partial charge in [0.25, 0.3) is 0 Å². The summed E-state index contributed by atoms with van der Waals surface area (Å²) >= 11 is 1.20. The van der Waals surface area contributed by atoms with Gasteiger partial charge in [0.2, 0.25) is 11.8 Å². The summed E-state index contributed by atoms with van der Waals surface area (Å²) in [5.41, 5.74) is 0.534. The Morgan fingerprint density at radius 1 is 1.33 bits per heavy atom. The van der Waals surface area contributed by atoms with Crippen LogP contribution in [-0.4, -0.2) is 54.3 Å². The smallest absolute Gasteiger partial charge is 0.333 e. The lowest BCUT2D eigenvalue weighted by Gasteiger charge is -2.24. The van der Waals surface area contributed by atoms with Crippen molar-refractivity contribution < 1.29 is 28.6 Å². The molecule has 144 valence electrons. The third-order valence-corrected chi connectivity index (χ3v) is 4.96. The first kappa shape index (κ1) is 19.1. The Morgan fingerprint density at radius 3 is 2.81 bits per heavy atom. The zero-order valence-electron chi connectivity index (χ0n) is 15.0. The van der Waals surface area contributed by atoms with Gasteiger partial charge in [0.05, 0.1) is 23.5 Å². The number of fused-ring (bicyclic) bond motifs is 1. The normalized spacial score (nSPS) is 18.4. The number of nitrogens with one attached hydrogen (secondary N) is 1. The minimum Gasteiger partial charge on any atom is -0.486 e. The van der Waals surface area contributed by atoms with Gasteiger partial charge < -0.3 is 19.5 Å². The van der Waals surface area contributed by atoms with Gasteiger partial charge in [0, 0.05) is 11.8 Å². The van der Waals surface area contributed by atoms with Gasteiger partial charge in [-0.3, -0.25) is 14.5 Å². The van der Waals surface area contributed by atoms with Crippen molar-refractivity contribution in [1.29, 1.82) is 0 Å². The molecular formula is C18H20N2O6S. The number of benzene rings is 1. The monoisotopic (exact) mass is 392 g/mol. The summed E-state index contributed by atoms with van der Waals surface area (Å²) in [6.07, 6.45) is 1.24. The van der Waals surface area contributed by atoms with Gasteiger partial charge in [-0.05, 0) is 26.0 Å². The molecule has 2 heterocycles. The van der Waals surface area contributed by atoms with E-state index in [1.54, 1.807) is 32.0 Å². The molecule has 1 fully saturated rings. The van der Waals surface area contributed by atoms with Crippen LogP contribution in [0.25, 0.3) is 0 Å². The number of ether oxygens (including phenoxy) is 3. The van der Waals surface area contributed by atoms with Crippen molar-refractivity contribution in [3.05, 3.63) is 29.3 Å². The second-order valence-corrected chi connectivity index (χ2v) is 6.81. The quantitative estimate of drug-likeness (QED) is 0.603. The first-order valence-electron chi connectivity index (χ1n) is 8.53. The van der Waals surface area contributed by atoms with Crippen LogP contribution < -0.4 is 14.8 Å². The highest BCUT2D eigenvalue weighted by molar-refractivity contribution is 8.04. The van der Waals surface area contributed by atoms with Gasteiger partial charge in [0.15, 0.2) is 11.5 Å². The number of hydrogen-bond donors (Lipinski definition) is 1. The van der Waals surface area contributed by atoms with E-state index >= 15 is 0 Å². The lowest BCUT2D eigenvalue weighted by Crippen LogP contribution is -2.42. The molecule has 1 N–H and O–H groups in total. The second-order valence-electron chi connectivity index (χ2n) is 5.81. The fraction of sp³-hybridized carbons (Fsp3) is 0.389. The minimum atomic E-state index is -0.790. The predicted octanol–water partition coefficient (Wildman–Crippen LogP) is 1.76. The summed E-state index contributed by atoms with van der Waals surface area (Å²) in [5, 5.41) is 3.17. The van der Waals surface area contributed by atoms with E-state index in [1.165, 1.54) is 22.7 Å². The van der Waals surface area contributed by atoms with Crippen LogP contribution in [0.4, 0.5) is 5.69 Å². The maximum absolute atomic E-state index is 12.6. The van der Waals surface area contributed by atoms with Crippen LogP contribution in [0.15, 0.2) is 29.3 Å². The number of nitrogens with zero attached hydrogens (tertiary/aromatic N) is 1. The zero-order valence-corrected chi connectivity index (χ0v) is 15.8. The molecule has 0 saturated carbocycles. The average molecular weight is 392 g/mol. The van der Waals surface area contributed by atoms with Crippen molar-refractivity contribution in [2.75, 3.05) is 30.9 Å². The zero-order chi connectivity index (χ0) is 19.4. The number of hydrogen-bond acceptors (Lipinski definition) is 7. The summed E-state index contributed by atoms with van der Waals surface area (Å²) in [6.45, 7) is 4.48. The molecule has 0 aliphatic carbocycles. The summed E-state index contributed by atoms with van der Waals surface area (Å²) in [6, 6.07) is 4.31. The lowest BCUT2D eigenvalue weighted by atomic mass is 10.2. The number of amides is 2. The van der Waals surface area contributed by atoms with Crippen LogP contribution in [0.3, 0.4) is 0 Å². The topological polar surface area (TPSA) is 94.2 Å². The number of carbonyl (C=O) groups excluding carboxylic acids is 3. The standard InChI is InChI=1S/C18H20N2O6S/c1-3-24-17(22)9-16-20(15(21)10-27-16)11(2)18(23)19-12-4-5-13-14(8-12)26-7-6-25-13/h4-5,8-9,11H,3,6-7,10H2,1-2H3,(H,19,23)/b16-9-/t11-/m1/s1. The summed E-state index contributed by atoms with van der Waals surface area (Å²) in [7, 11) is 0. The lowest BCUT2D eigenvalue weighted by molar-refractivity contribution is -0.137. The largest absolute Gasteiger partial charge is 0.486 e. The Balaban J connectivity index is 1.72. The predicted molar refractivity (Wildman–Crippen MR) is 99.5 cm³/mol. The molecule has 2 amide bonds. The van der Waals surface area contributed by atoms with E-state index in [4.69, 9.17) is 14.2 Å². The first-order valence-corrected chi connectivity index (χ1v) is 9.52. The summed E-state index contributed by atoms with van der Waals surface area (Å²) in [4.78, 5) is 37.9. The summed E-state index contributed by atoms with van der Waals surface area (Å²) < 4.78 is 15.8. The van der Waals surface area contributed by atoms with Gasteiger partial charge >= 0.3 is 5.97 Å². The van der Waals surface area contributed by atoms with Gasteiger partial charge in [-0.15, -0.1) is 0 Å². The maximum Gasteiger partial charge on any atom is 0.333 e. The van der Waals surface area contributed by atoms with Crippen molar-refractivity contribution in [2.24, 2.45) is 0 Å². The number of anilines is 1. The molecule has 1 atom stereocenters. The molecule has 0 bridgehead atoms. The fourth-order valence-corrected chi connectivity index (χ4v) is 3.67. The molecule has 0 radical (unpaired) electrons. The molecule has 3 rings (SSSR count). The molecular weight excluding hydrogens is 372 g/mol. The number of carbonyl (C=O) groups is 3. The van der Waals surface area contributed by atoms with E-state index in [1.807, 2.05) is 0 Å². The highest BCUT2D eigenvalue weighted by Crippen LogP contribution is 2.34. The van der Waals surface area contributed by atoms with Crippen molar-refractivity contribution in [1.82, 2.24) is 4.90 Å². The Morgan fingerprint density at radius 2 is 2.07 bits per heavy atom. The van der Waals surface area contributed by atoms with E-state index in [2.05, 4.69) is 5.32 Å². The third-order valence-electron chi connectivity index (χ3n) is 3.95. The van der Waals surface area contributed by atoms with Crippen LogP contribution in [-0.2, 0) is 19.1 Å². The molecule has 8 nitrogen and oxygen atoms in total. The number of rotatable bonds is 5. The van der Waals surface area contributed by atoms with Crippen molar-refractivity contribution in [2.45, 2.75) is 19.9 Å². The van der Waals surface area contributed by atoms with Crippen LogP contribution >= 0.6 is 11.8 Å². The molecule has 2 aliphatic heterocycles. The van der Waals surface area contributed by atoms with Gasteiger partial charge in [-0.25, -0.2) is 4.79 Å². The van der Waals surface area contributed by atoms with Crippen molar-refractivity contribution in [3.63, 3.8) is 0 Å². The molecule has 1 saturated heterocycles. The Bertz CT molecular complexity index is 794. The maximum atomic E-state index is 12.6. The molecule has 1 aromatic carbocycles. The molecule has 0 aromatic heterocycles. The van der Waals surface area contributed by atoms with E-state index in [-0.39, 0.29) is 24.2 Å². The van der Waals surface area contributed by atoms with Crippen LogP contribution in [0.2, 0.25) is 0 Å². The molecule has 2 aliphatic rings. The molecule has 0 unspecified atom stereocenters. The van der Waals surface area contributed by atoms with Gasteiger partial charge in [-0.2, -0.15) is 0 Å². The Hall–Kier alpha value is -2.68. The Labute approximate surface area is 160 Å². The van der Waals surface area contributed by atoms with E-state index in [0.29, 0.717) is 35.4 Å². The molecule has 27 heavy (non-hydrogen) atoms. The Kier molecular flexibility index (Phi) is 5.90. The van der Waals surface area contributed by atoms with Crippen molar-refractivity contribution >= 4 is 35.2 Å². The van der Waals surface area contributed by atoms with E-state index in [0.717, 1.165) is 0 Å². The molecule has 9 heteroatoms. The van der Waals surface area contributed by atoms with Crippen LogP contribution in [0.1, 0.15) is 13.8 Å². The molecule has 0 spiro atoms. The number of esters is 1. The van der Waals surface area contributed by atoms with E-state index < -0.39 is 12.0 Å². The highest BCUT2D eigenvalue weighted by Gasteiger charge is 2.35. The third kappa shape index (κ3) is 4.36. The second kappa shape index (κ2) is 8.34. The first-order chi connectivity index (χ1) is 13.0. The van der Waals surface area contributed by atoms with Crippen LogP contribution in [0, 0.1) is 0 Å². The summed E-state index contributed by atoms with van der Waals surface area (Å²) in [5.74, 6) is 0.199.